The second-order valence-corrected chi connectivity index (χ2v) is 4.85. The van der Waals surface area contributed by atoms with Gasteiger partial charge in [0.05, 0.1) is 11.0 Å². The van der Waals surface area contributed by atoms with Gasteiger partial charge in [-0.05, 0) is 12.1 Å². The number of aliphatic imine (C=N–C) groups is 1. The van der Waals surface area contributed by atoms with Crippen molar-refractivity contribution < 1.29 is 4.74 Å². The molecule has 2 heterocycles. The van der Waals surface area contributed by atoms with Crippen molar-refractivity contribution in [1.82, 2.24) is 9.55 Å². The third kappa shape index (κ3) is 1.66. The van der Waals surface area contributed by atoms with Gasteiger partial charge in [-0.25, -0.2) is 4.98 Å². The first-order valence-corrected chi connectivity index (χ1v) is 6.98. The Morgan fingerprint density at radius 1 is 1.16 bits per heavy atom. The van der Waals surface area contributed by atoms with Gasteiger partial charge >= 0.3 is 0 Å². The molecule has 0 atom stereocenters. The van der Waals surface area contributed by atoms with Gasteiger partial charge in [-0.15, -0.1) is 0 Å². The Hall–Kier alpha value is -1.84. The summed E-state index contributed by atoms with van der Waals surface area (Å²) in [5.41, 5.74) is 1.73. The maximum atomic E-state index is 6.19. The van der Waals surface area contributed by atoms with Crippen LogP contribution >= 0.6 is 0 Å². The second kappa shape index (κ2) is 4.37. The number of benzene rings is 1. The fourth-order valence-electron chi connectivity index (χ4n) is 2.75. The standard InChI is InChI=1S/C15H19N3O/c1-4-13-17-14-16-11-9-7-8-10-12(11)18(14)15(5-2,6-3)19-13/h7-10H,4-6H2,1-3H3. The lowest BCUT2D eigenvalue weighted by Crippen LogP contribution is -2.39. The molecule has 100 valence electrons. The molecule has 0 unspecified atom stereocenters. The van der Waals surface area contributed by atoms with E-state index in [4.69, 9.17) is 4.74 Å². The quantitative estimate of drug-likeness (QED) is 0.834. The first-order chi connectivity index (χ1) is 9.24. The average Bonchev–Trinajstić information content (AvgIpc) is 2.84. The van der Waals surface area contributed by atoms with Crippen LogP contribution in [0.4, 0.5) is 5.95 Å². The molecule has 19 heavy (non-hydrogen) atoms. The highest BCUT2D eigenvalue weighted by Crippen LogP contribution is 2.39. The zero-order valence-electron chi connectivity index (χ0n) is 11.7. The number of para-hydroxylation sites is 2. The number of ether oxygens (including phenoxy) is 1. The molecule has 0 spiro atoms. The number of aromatic nitrogens is 2. The van der Waals surface area contributed by atoms with E-state index in [0.29, 0.717) is 0 Å². The predicted octanol–water partition coefficient (Wildman–Crippen LogP) is 3.98. The number of hydrogen-bond acceptors (Lipinski definition) is 3. The third-order valence-corrected chi connectivity index (χ3v) is 3.89. The Morgan fingerprint density at radius 2 is 1.89 bits per heavy atom. The van der Waals surface area contributed by atoms with E-state index >= 15 is 0 Å². The van der Waals surface area contributed by atoms with Gasteiger partial charge in [-0.3, -0.25) is 4.57 Å². The van der Waals surface area contributed by atoms with Gasteiger partial charge in [-0.1, -0.05) is 32.9 Å². The van der Waals surface area contributed by atoms with Crippen LogP contribution in [0.2, 0.25) is 0 Å². The van der Waals surface area contributed by atoms with Crippen molar-refractivity contribution in [3.8, 4) is 0 Å². The molecule has 0 bridgehead atoms. The van der Waals surface area contributed by atoms with Gasteiger partial charge in [0.2, 0.25) is 5.95 Å². The topological polar surface area (TPSA) is 39.4 Å². The van der Waals surface area contributed by atoms with Gasteiger partial charge in [-0.2, -0.15) is 4.99 Å². The molecule has 0 fully saturated rings. The fraction of sp³-hybridized carbons (Fsp3) is 0.467. The Labute approximate surface area is 113 Å². The summed E-state index contributed by atoms with van der Waals surface area (Å²) >= 11 is 0. The molecule has 1 aliphatic rings. The number of fused-ring (bicyclic) bond motifs is 3. The maximum absolute atomic E-state index is 6.19. The van der Waals surface area contributed by atoms with E-state index in [1.54, 1.807) is 0 Å². The number of rotatable bonds is 3. The lowest BCUT2D eigenvalue weighted by Gasteiger charge is -2.37. The molecule has 0 saturated carbocycles. The summed E-state index contributed by atoms with van der Waals surface area (Å²) in [6, 6.07) is 8.15. The van der Waals surface area contributed by atoms with Crippen LogP contribution < -0.4 is 0 Å². The number of imidazole rings is 1. The molecule has 0 radical (unpaired) electrons. The van der Waals surface area contributed by atoms with Crippen molar-refractivity contribution in [2.24, 2.45) is 4.99 Å². The summed E-state index contributed by atoms with van der Waals surface area (Å²) in [6.07, 6.45) is 2.59. The monoisotopic (exact) mass is 257 g/mol. The number of hydrogen-bond donors (Lipinski definition) is 0. The van der Waals surface area contributed by atoms with Crippen LogP contribution in [-0.4, -0.2) is 15.4 Å². The van der Waals surface area contributed by atoms with Crippen molar-refractivity contribution in [2.45, 2.75) is 45.8 Å². The van der Waals surface area contributed by atoms with Crippen molar-refractivity contribution in [3.05, 3.63) is 24.3 Å². The molecule has 2 aromatic rings. The van der Waals surface area contributed by atoms with Crippen molar-refractivity contribution in [1.29, 1.82) is 0 Å². The molecule has 0 aliphatic carbocycles. The van der Waals surface area contributed by atoms with Crippen molar-refractivity contribution in [2.75, 3.05) is 0 Å². The highest BCUT2D eigenvalue weighted by atomic mass is 16.5. The minimum atomic E-state index is -0.349. The van der Waals surface area contributed by atoms with Gasteiger partial charge in [0.15, 0.2) is 11.6 Å². The molecule has 0 saturated heterocycles. The predicted molar refractivity (Wildman–Crippen MR) is 76.8 cm³/mol. The summed E-state index contributed by atoms with van der Waals surface area (Å²) in [4.78, 5) is 9.18. The van der Waals surface area contributed by atoms with Crippen LogP contribution in [0.25, 0.3) is 11.0 Å². The SMILES string of the molecule is CCC1=Nc2nc3ccccc3n2C(CC)(CC)O1. The van der Waals surface area contributed by atoms with E-state index in [-0.39, 0.29) is 5.72 Å². The summed E-state index contributed by atoms with van der Waals surface area (Å²) in [7, 11) is 0. The molecule has 0 N–H and O–H groups in total. The van der Waals surface area contributed by atoms with Gasteiger partial charge in [0.25, 0.3) is 0 Å². The summed E-state index contributed by atoms with van der Waals surface area (Å²) < 4.78 is 8.34. The van der Waals surface area contributed by atoms with Crippen LogP contribution in [0, 0.1) is 0 Å². The molecule has 3 rings (SSSR count). The van der Waals surface area contributed by atoms with Gasteiger partial charge in [0.1, 0.15) is 0 Å². The van der Waals surface area contributed by atoms with Gasteiger partial charge < -0.3 is 4.74 Å². The molecule has 4 nitrogen and oxygen atoms in total. The van der Waals surface area contributed by atoms with E-state index in [2.05, 4.69) is 41.4 Å². The van der Waals surface area contributed by atoms with Crippen LogP contribution in [0.5, 0.6) is 0 Å². The average molecular weight is 257 g/mol. The van der Waals surface area contributed by atoms with E-state index in [1.165, 1.54) is 0 Å². The van der Waals surface area contributed by atoms with Crippen LogP contribution in [0.15, 0.2) is 29.3 Å². The zero-order chi connectivity index (χ0) is 13.5. The highest BCUT2D eigenvalue weighted by molar-refractivity contribution is 5.84. The van der Waals surface area contributed by atoms with Crippen LogP contribution in [0.3, 0.4) is 0 Å². The lowest BCUT2D eigenvalue weighted by atomic mass is 10.1. The summed E-state index contributed by atoms with van der Waals surface area (Å²) in [6.45, 7) is 6.37. The number of nitrogens with zero attached hydrogens (tertiary/aromatic N) is 3. The smallest absolute Gasteiger partial charge is 0.236 e. The minimum absolute atomic E-state index is 0.349. The molecule has 4 heteroatoms. The molecule has 1 aliphatic heterocycles. The van der Waals surface area contributed by atoms with Crippen LogP contribution in [-0.2, 0) is 10.5 Å². The second-order valence-electron chi connectivity index (χ2n) is 4.85. The Morgan fingerprint density at radius 3 is 2.58 bits per heavy atom. The first-order valence-electron chi connectivity index (χ1n) is 6.98. The third-order valence-electron chi connectivity index (χ3n) is 3.89. The summed E-state index contributed by atoms with van der Waals surface area (Å²) in [5, 5.41) is 0. The highest BCUT2D eigenvalue weighted by Gasteiger charge is 2.38. The van der Waals surface area contributed by atoms with E-state index in [0.717, 1.165) is 42.1 Å². The lowest BCUT2D eigenvalue weighted by molar-refractivity contribution is -0.0327. The van der Waals surface area contributed by atoms with Crippen molar-refractivity contribution >= 4 is 22.9 Å². The minimum Gasteiger partial charge on any atom is -0.454 e. The van der Waals surface area contributed by atoms with E-state index in [1.807, 2.05) is 18.2 Å². The Kier molecular flexibility index (Phi) is 2.81. The van der Waals surface area contributed by atoms with E-state index < -0.39 is 0 Å². The normalized spacial score (nSPS) is 16.9. The Balaban J connectivity index is 2.33. The van der Waals surface area contributed by atoms with Crippen molar-refractivity contribution in [3.63, 3.8) is 0 Å². The van der Waals surface area contributed by atoms with E-state index in [9.17, 15) is 0 Å². The molecular formula is C15H19N3O. The zero-order valence-corrected chi connectivity index (χ0v) is 11.7. The Bertz CT molecular complexity index is 638. The molecule has 0 amide bonds. The maximum Gasteiger partial charge on any atom is 0.236 e. The first kappa shape index (κ1) is 12.2. The molecule has 1 aromatic heterocycles. The largest absolute Gasteiger partial charge is 0.454 e. The molecule has 1 aromatic carbocycles. The summed E-state index contributed by atoms with van der Waals surface area (Å²) in [5.74, 6) is 1.56. The van der Waals surface area contributed by atoms with Crippen LogP contribution in [0.1, 0.15) is 40.0 Å². The van der Waals surface area contributed by atoms with Gasteiger partial charge in [0, 0.05) is 19.3 Å². The molecular weight excluding hydrogens is 238 g/mol. The fourth-order valence-corrected chi connectivity index (χ4v) is 2.75.